The van der Waals surface area contributed by atoms with Crippen LogP contribution in [0.3, 0.4) is 0 Å². The number of rotatable bonds is 12. The van der Waals surface area contributed by atoms with Crippen molar-refractivity contribution in [3.05, 3.63) is 25.1 Å². The van der Waals surface area contributed by atoms with E-state index in [0.29, 0.717) is 0 Å². The Morgan fingerprint density at radius 1 is 1.15 bits per heavy atom. The predicted molar refractivity (Wildman–Crippen MR) is 86.0 cm³/mol. The maximum absolute atomic E-state index is 9.61. The zero-order valence-corrected chi connectivity index (χ0v) is 13.1. The first kappa shape index (κ1) is 17.1. The van der Waals surface area contributed by atoms with Gasteiger partial charge in [0.05, 0.1) is 0 Å². The summed E-state index contributed by atoms with van der Waals surface area (Å²) in [5.74, 6) is 0. The molecule has 0 aliphatic carbocycles. The van der Waals surface area contributed by atoms with Crippen molar-refractivity contribution in [3.8, 4) is 0 Å². The number of allylic oxidation sites excluding steroid dienone is 1. The van der Waals surface area contributed by atoms with Gasteiger partial charge in [0, 0.05) is 12.4 Å². The number of unbranched alkanes of at least 4 members (excludes halogenated alkanes) is 8. The smallest absolute Gasteiger partial charge is 0.125 e. The standard InChI is InChI=1S/C17H32N2O/c1-3-4-5-6-7-8-9-10-11-12-13-17-18-14-15-19(17)16(2)20/h3,14-18,20H,1,4-13H2,2H3. The molecule has 0 amide bonds. The van der Waals surface area contributed by atoms with Crippen molar-refractivity contribution in [2.45, 2.75) is 83.5 Å². The molecule has 1 heterocycles. The third-order valence-corrected chi connectivity index (χ3v) is 3.96. The Morgan fingerprint density at radius 2 is 1.75 bits per heavy atom. The van der Waals surface area contributed by atoms with Crippen LogP contribution in [0.25, 0.3) is 0 Å². The van der Waals surface area contributed by atoms with Gasteiger partial charge in [-0.15, -0.1) is 6.58 Å². The van der Waals surface area contributed by atoms with E-state index in [-0.39, 0.29) is 6.17 Å². The summed E-state index contributed by atoms with van der Waals surface area (Å²) < 4.78 is 0. The van der Waals surface area contributed by atoms with Crippen molar-refractivity contribution >= 4 is 0 Å². The van der Waals surface area contributed by atoms with E-state index in [1.165, 1.54) is 57.8 Å². The Balaban J connectivity index is 1.89. The van der Waals surface area contributed by atoms with Crippen LogP contribution in [0.1, 0.15) is 71.1 Å². The maximum Gasteiger partial charge on any atom is 0.125 e. The monoisotopic (exact) mass is 280 g/mol. The van der Waals surface area contributed by atoms with E-state index in [9.17, 15) is 5.11 Å². The fourth-order valence-corrected chi connectivity index (χ4v) is 2.73. The van der Waals surface area contributed by atoms with E-state index in [1.54, 1.807) is 0 Å². The molecule has 2 atom stereocenters. The molecule has 0 spiro atoms. The number of nitrogens with one attached hydrogen (secondary N) is 1. The second-order valence-corrected chi connectivity index (χ2v) is 5.77. The number of aliphatic hydroxyl groups is 1. The van der Waals surface area contributed by atoms with Crippen molar-refractivity contribution in [1.29, 1.82) is 0 Å². The van der Waals surface area contributed by atoms with Crippen LogP contribution in [0.15, 0.2) is 25.1 Å². The van der Waals surface area contributed by atoms with Crippen LogP contribution in [0, 0.1) is 0 Å². The van der Waals surface area contributed by atoms with Crippen molar-refractivity contribution in [3.63, 3.8) is 0 Å². The Bertz CT molecular complexity index is 276. The van der Waals surface area contributed by atoms with E-state index in [1.807, 2.05) is 30.3 Å². The highest BCUT2D eigenvalue weighted by molar-refractivity contribution is 4.94. The van der Waals surface area contributed by atoms with Gasteiger partial charge in [-0.25, -0.2) is 0 Å². The molecule has 0 radical (unpaired) electrons. The van der Waals surface area contributed by atoms with E-state index in [0.717, 1.165) is 6.42 Å². The third-order valence-electron chi connectivity index (χ3n) is 3.96. The normalized spacial score (nSPS) is 19.1. The molecule has 3 nitrogen and oxygen atoms in total. The van der Waals surface area contributed by atoms with Crippen molar-refractivity contribution < 1.29 is 5.11 Å². The lowest BCUT2D eigenvalue weighted by Gasteiger charge is -2.28. The Kier molecular flexibility index (Phi) is 9.22. The van der Waals surface area contributed by atoms with Gasteiger partial charge in [-0.3, -0.25) is 0 Å². The molecule has 20 heavy (non-hydrogen) atoms. The molecule has 0 bridgehead atoms. The van der Waals surface area contributed by atoms with Crippen molar-refractivity contribution in [1.82, 2.24) is 10.2 Å². The fraction of sp³-hybridized carbons (Fsp3) is 0.765. The largest absolute Gasteiger partial charge is 0.374 e. The average Bonchev–Trinajstić information content (AvgIpc) is 2.89. The first-order valence-corrected chi connectivity index (χ1v) is 8.25. The summed E-state index contributed by atoms with van der Waals surface area (Å²) in [5, 5.41) is 12.9. The summed E-state index contributed by atoms with van der Waals surface area (Å²) in [5.41, 5.74) is 0. The maximum atomic E-state index is 9.61. The summed E-state index contributed by atoms with van der Waals surface area (Å²) in [4.78, 5) is 1.99. The molecule has 116 valence electrons. The number of hydrogen-bond acceptors (Lipinski definition) is 3. The lowest BCUT2D eigenvalue weighted by Crippen LogP contribution is -2.40. The minimum absolute atomic E-state index is 0.286. The predicted octanol–water partition coefficient (Wildman–Crippen LogP) is 4.11. The molecule has 0 saturated heterocycles. The van der Waals surface area contributed by atoms with Crippen LogP contribution < -0.4 is 5.32 Å². The van der Waals surface area contributed by atoms with E-state index >= 15 is 0 Å². The summed E-state index contributed by atoms with van der Waals surface area (Å²) in [6.07, 6.45) is 18.7. The number of nitrogens with zero attached hydrogens (tertiary/aromatic N) is 1. The zero-order valence-electron chi connectivity index (χ0n) is 13.1. The molecule has 1 aliphatic rings. The van der Waals surface area contributed by atoms with Crippen LogP contribution in [-0.2, 0) is 0 Å². The Labute approximate surface area is 124 Å². The lowest BCUT2D eigenvalue weighted by atomic mass is 10.1. The van der Waals surface area contributed by atoms with Crippen LogP contribution >= 0.6 is 0 Å². The number of hydrogen-bond donors (Lipinski definition) is 2. The minimum Gasteiger partial charge on any atom is -0.374 e. The van der Waals surface area contributed by atoms with Gasteiger partial charge in [0.15, 0.2) is 0 Å². The molecule has 0 saturated carbocycles. The van der Waals surface area contributed by atoms with Gasteiger partial charge in [-0.05, 0) is 32.6 Å². The molecular weight excluding hydrogens is 248 g/mol. The van der Waals surface area contributed by atoms with Crippen LogP contribution in [-0.4, -0.2) is 22.4 Å². The minimum atomic E-state index is -0.401. The molecule has 1 aliphatic heterocycles. The summed E-state index contributed by atoms with van der Waals surface area (Å²) in [6.45, 7) is 5.56. The van der Waals surface area contributed by atoms with Crippen molar-refractivity contribution in [2.75, 3.05) is 0 Å². The molecule has 0 fully saturated rings. The van der Waals surface area contributed by atoms with Gasteiger partial charge in [0.1, 0.15) is 12.4 Å². The van der Waals surface area contributed by atoms with Crippen LogP contribution in [0.4, 0.5) is 0 Å². The third kappa shape index (κ3) is 6.99. The van der Waals surface area contributed by atoms with Gasteiger partial charge in [-0.2, -0.15) is 0 Å². The van der Waals surface area contributed by atoms with Gasteiger partial charge in [0.2, 0.25) is 0 Å². The van der Waals surface area contributed by atoms with Crippen molar-refractivity contribution in [2.24, 2.45) is 0 Å². The topological polar surface area (TPSA) is 35.5 Å². The van der Waals surface area contributed by atoms with Gasteiger partial charge in [-0.1, -0.05) is 44.6 Å². The van der Waals surface area contributed by atoms with Gasteiger partial charge < -0.3 is 15.3 Å². The lowest BCUT2D eigenvalue weighted by molar-refractivity contribution is 0.0254. The van der Waals surface area contributed by atoms with Crippen LogP contribution in [0.5, 0.6) is 0 Å². The first-order valence-electron chi connectivity index (χ1n) is 8.25. The van der Waals surface area contributed by atoms with Crippen LogP contribution in [0.2, 0.25) is 0 Å². The molecule has 2 N–H and O–H groups in total. The highest BCUT2D eigenvalue weighted by atomic mass is 16.3. The SMILES string of the molecule is C=CCCCCCCCCCCC1NC=CN1C(C)O. The molecular formula is C17H32N2O. The Hall–Kier alpha value is -0.960. The quantitative estimate of drug-likeness (QED) is 0.417. The molecule has 0 aromatic carbocycles. The van der Waals surface area contributed by atoms with E-state index in [2.05, 4.69) is 11.9 Å². The molecule has 0 aromatic heterocycles. The summed E-state index contributed by atoms with van der Waals surface area (Å²) in [7, 11) is 0. The average molecular weight is 280 g/mol. The molecule has 2 unspecified atom stereocenters. The second kappa shape index (κ2) is 10.8. The molecule has 0 aromatic rings. The van der Waals surface area contributed by atoms with E-state index in [4.69, 9.17) is 0 Å². The van der Waals surface area contributed by atoms with Gasteiger partial charge >= 0.3 is 0 Å². The fourth-order valence-electron chi connectivity index (χ4n) is 2.73. The highest BCUT2D eigenvalue weighted by Crippen LogP contribution is 2.16. The van der Waals surface area contributed by atoms with Gasteiger partial charge in [0.25, 0.3) is 0 Å². The number of aliphatic hydroxyl groups excluding tert-OH is 1. The second-order valence-electron chi connectivity index (χ2n) is 5.77. The first-order chi connectivity index (χ1) is 9.75. The zero-order chi connectivity index (χ0) is 14.6. The van der Waals surface area contributed by atoms with E-state index < -0.39 is 6.23 Å². The molecule has 3 heteroatoms. The Morgan fingerprint density at radius 3 is 2.35 bits per heavy atom. The summed E-state index contributed by atoms with van der Waals surface area (Å²) >= 11 is 0. The summed E-state index contributed by atoms with van der Waals surface area (Å²) in [6, 6.07) is 0. The highest BCUT2D eigenvalue weighted by Gasteiger charge is 2.20. The molecule has 1 rings (SSSR count).